The summed E-state index contributed by atoms with van der Waals surface area (Å²) in [7, 11) is 0. The number of ether oxygens (including phenoxy) is 2. The fourth-order valence-corrected chi connectivity index (χ4v) is 3.76. The molecule has 30 heavy (non-hydrogen) atoms. The molecule has 0 radical (unpaired) electrons. The van der Waals surface area contributed by atoms with Gasteiger partial charge in [-0.05, 0) is 49.4 Å². The van der Waals surface area contributed by atoms with Crippen LogP contribution in [0.5, 0.6) is 11.5 Å². The molecule has 10 heteroatoms. The van der Waals surface area contributed by atoms with Crippen molar-refractivity contribution >= 4 is 22.4 Å². The maximum atomic E-state index is 13.1. The van der Waals surface area contributed by atoms with Gasteiger partial charge >= 0.3 is 0 Å². The quantitative estimate of drug-likeness (QED) is 0.537. The molecule has 0 saturated carbocycles. The van der Waals surface area contributed by atoms with Gasteiger partial charge in [0, 0.05) is 10.9 Å². The first-order valence-corrected chi connectivity index (χ1v) is 9.81. The molecule has 0 saturated heterocycles. The maximum absolute atomic E-state index is 13.1. The van der Waals surface area contributed by atoms with Gasteiger partial charge in [0.1, 0.15) is 5.82 Å². The van der Waals surface area contributed by atoms with E-state index in [2.05, 4.69) is 20.6 Å². The van der Waals surface area contributed by atoms with E-state index in [0.29, 0.717) is 33.7 Å². The molecule has 5 rings (SSSR count). The summed E-state index contributed by atoms with van der Waals surface area (Å²) < 4.78 is 25.3. The van der Waals surface area contributed by atoms with Crippen LogP contribution in [0.25, 0.3) is 16.9 Å². The third-order valence-electron chi connectivity index (χ3n) is 4.57. The van der Waals surface area contributed by atoms with Crippen LogP contribution in [0.3, 0.4) is 0 Å². The second-order valence-corrected chi connectivity index (χ2v) is 7.33. The molecule has 0 fully saturated rings. The van der Waals surface area contributed by atoms with Crippen molar-refractivity contribution in [2.45, 2.75) is 6.92 Å². The second-order valence-electron chi connectivity index (χ2n) is 6.47. The molecule has 1 aliphatic rings. The van der Waals surface area contributed by atoms with Crippen LogP contribution in [0.1, 0.15) is 16.2 Å². The average Bonchev–Trinajstić information content (AvgIpc) is 3.47. The number of rotatable bonds is 4. The first-order valence-electron chi connectivity index (χ1n) is 8.93. The zero-order valence-corrected chi connectivity index (χ0v) is 16.4. The van der Waals surface area contributed by atoms with Gasteiger partial charge in [-0.25, -0.2) is 14.1 Å². The fourth-order valence-electron chi connectivity index (χ4n) is 3.04. The van der Waals surface area contributed by atoms with Gasteiger partial charge in [-0.3, -0.25) is 10.1 Å². The van der Waals surface area contributed by atoms with Gasteiger partial charge in [-0.2, -0.15) is 0 Å². The van der Waals surface area contributed by atoms with E-state index < -0.39 is 5.91 Å². The van der Waals surface area contributed by atoms with Crippen molar-refractivity contribution in [3.63, 3.8) is 0 Å². The summed E-state index contributed by atoms with van der Waals surface area (Å²) in [5.41, 5.74) is 2.88. The van der Waals surface area contributed by atoms with E-state index in [1.54, 1.807) is 19.1 Å². The first-order chi connectivity index (χ1) is 14.6. The number of nitrogens with zero attached hydrogens (tertiary/aromatic N) is 4. The van der Waals surface area contributed by atoms with Crippen LogP contribution in [-0.4, -0.2) is 32.7 Å². The monoisotopic (exact) mass is 423 g/mol. The van der Waals surface area contributed by atoms with E-state index in [0.717, 1.165) is 5.56 Å². The van der Waals surface area contributed by atoms with Gasteiger partial charge in [0.05, 0.1) is 17.1 Å². The third-order valence-corrected chi connectivity index (χ3v) is 5.33. The summed E-state index contributed by atoms with van der Waals surface area (Å²) in [6, 6.07) is 11.3. The van der Waals surface area contributed by atoms with Crippen molar-refractivity contribution < 1.29 is 18.7 Å². The van der Waals surface area contributed by atoms with Crippen molar-refractivity contribution in [1.29, 1.82) is 0 Å². The second kappa shape index (κ2) is 7.23. The highest BCUT2D eigenvalue weighted by Gasteiger charge is 2.20. The number of carbonyl (C=O) groups excluding carboxylic acids is 1. The molecule has 4 aromatic rings. The SMILES string of the molecule is Cc1c(C(=O)Nc2nc(-c3ccc4c(c3)OCO4)cs2)nnn1-c1ccc(F)cc1. The van der Waals surface area contributed by atoms with E-state index in [1.807, 2.05) is 23.6 Å². The maximum Gasteiger partial charge on any atom is 0.279 e. The predicted octanol–water partition coefficient (Wildman–Crippen LogP) is 3.82. The Balaban J connectivity index is 1.35. The number of benzene rings is 2. The molecule has 0 bridgehead atoms. The van der Waals surface area contributed by atoms with Gasteiger partial charge < -0.3 is 9.47 Å². The van der Waals surface area contributed by atoms with Crippen molar-refractivity contribution in [3.8, 4) is 28.4 Å². The van der Waals surface area contributed by atoms with E-state index >= 15 is 0 Å². The van der Waals surface area contributed by atoms with E-state index in [1.165, 1.54) is 28.2 Å². The summed E-state index contributed by atoms with van der Waals surface area (Å²) in [4.78, 5) is 17.1. The Hall–Kier alpha value is -3.79. The number of fused-ring (bicyclic) bond motifs is 1. The Labute approximate surface area is 173 Å². The zero-order chi connectivity index (χ0) is 20.7. The number of aromatic nitrogens is 4. The van der Waals surface area contributed by atoms with Crippen molar-refractivity contribution in [1.82, 2.24) is 20.0 Å². The Kier molecular flexibility index (Phi) is 4.40. The average molecular weight is 423 g/mol. The van der Waals surface area contributed by atoms with Gasteiger partial charge in [0.25, 0.3) is 5.91 Å². The smallest absolute Gasteiger partial charge is 0.279 e. The lowest BCUT2D eigenvalue weighted by molar-refractivity contribution is 0.102. The molecule has 0 aliphatic carbocycles. The lowest BCUT2D eigenvalue weighted by Gasteiger charge is -2.03. The number of hydrogen-bond acceptors (Lipinski definition) is 7. The number of anilines is 1. The molecule has 3 heterocycles. The standard InChI is InChI=1S/C20H14FN5O3S/c1-11-18(24-25-26(11)14-5-3-13(21)4-6-14)19(27)23-20-22-15(9-30-20)12-2-7-16-17(8-12)29-10-28-16/h2-9H,10H2,1H3,(H,22,23,27). The van der Waals surface area contributed by atoms with E-state index in [4.69, 9.17) is 9.47 Å². The van der Waals surface area contributed by atoms with Gasteiger partial charge in [0.15, 0.2) is 22.3 Å². The predicted molar refractivity (Wildman–Crippen MR) is 108 cm³/mol. The molecular weight excluding hydrogens is 409 g/mol. The Morgan fingerprint density at radius 3 is 2.80 bits per heavy atom. The highest BCUT2D eigenvalue weighted by molar-refractivity contribution is 7.14. The van der Waals surface area contributed by atoms with Crippen LogP contribution >= 0.6 is 11.3 Å². The third kappa shape index (κ3) is 3.26. The molecule has 1 amide bonds. The number of thiazole rings is 1. The van der Waals surface area contributed by atoms with E-state index in [-0.39, 0.29) is 18.3 Å². The normalized spacial score (nSPS) is 12.2. The Morgan fingerprint density at radius 2 is 1.97 bits per heavy atom. The lowest BCUT2D eigenvalue weighted by Crippen LogP contribution is -2.14. The number of hydrogen-bond donors (Lipinski definition) is 1. The van der Waals surface area contributed by atoms with Gasteiger partial charge in [-0.1, -0.05) is 5.21 Å². The van der Waals surface area contributed by atoms with E-state index in [9.17, 15) is 9.18 Å². The minimum absolute atomic E-state index is 0.166. The minimum Gasteiger partial charge on any atom is -0.454 e. The molecule has 1 aliphatic heterocycles. The van der Waals surface area contributed by atoms with Crippen LogP contribution in [-0.2, 0) is 0 Å². The zero-order valence-electron chi connectivity index (χ0n) is 15.6. The molecule has 0 spiro atoms. The molecule has 2 aromatic carbocycles. The molecule has 0 unspecified atom stereocenters. The largest absolute Gasteiger partial charge is 0.454 e. The Bertz CT molecular complexity index is 1250. The lowest BCUT2D eigenvalue weighted by atomic mass is 10.1. The molecule has 150 valence electrons. The topological polar surface area (TPSA) is 91.2 Å². The number of carbonyl (C=O) groups is 1. The van der Waals surface area contributed by atoms with Crippen LogP contribution in [0.2, 0.25) is 0 Å². The van der Waals surface area contributed by atoms with Crippen LogP contribution < -0.4 is 14.8 Å². The van der Waals surface area contributed by atoms with Crippen molar-refractivity contribution in [2.24, 2.45) is 0 Å². The van der Waals surface area contributed by atoms with Crippen molar-refractivity contribution in [2.75, 3.05) is 12.1 Å². The molecule has 8 nitrogen and oxygen atoms in total. The van der Waals surface area contributed by atoms with Crippen LogP contribution in [0, 0.1) is 12.7 Å². The molecule has 1 N–H and O–H groups in total. The van der Waals surface area contributed by atoms with Crippen LogP contribution in [0.4, 0.5) is 9.52 Å². The number of halogens is 1. The first kappa shape index (κ1) is 18.3. The van der Waals surface area contributed by atoms with Gasteiger partial charge in [0.2, 0.25) is 6.79 Å². The molecule has 2 aromatic heterocycles. The minimum atomic E-state index is -0.424. The van der Waals surface area contributed by atoms with Gasteiger partial charge in [-0.15, -0.1) is 16.4 Å². The fraction of sp³-hybridized carbons (Fsp3) is 0.100. The number of nitrogens with one attached hydrogen (secondary N) is 1. The molecular formula is C20H14FN5O3S. The van der Waals surface area contributed by atoms with Crippen molar-refractivity contribution in [3.05, 3.63) is 65.0 Å². The highest BCUT2D eigenvalue weighted by atomic mass is 32.1. The summed E-state index contributed by atoms with van der Waals surface area (Å²) in [5.74, 6) is 0.588. The van der Waals surface area contributed by atoms with Crippen LogP contribution in [0.15, 0.2) is 47.8 Å². The Morgan fingerprint density at radius 1 is 1.17 bits per heavy atom. The summed E-state index contributed by atoms with van der Waals surface area (Å²) in [6.45, 7) is 1.92. The number of amides is 1. The summed E-state index contributed by atoms with van der Waals surface area (Å²) >= 11 is 1.30. The highest BCUT2D eigenvalue weighted by Crippen LogP contribution is 2.36. The molecule has 0 atom stereocenters. The summed E-state index contributed by atoms with van der Waals surface area (Å²) in [6.07, 6.45) is 0. The summed E-state index contributed by atoms with van der Waals surface area (Å²) in [5, 5.41) is 13.0.